The maximum atomic E-state index is 12.9. The third-order valence-corrected chi connectivity index (χ3v) is 4.50. The number of fused-ring (bicyclic) bond motifs is 1. The van der Waals surface area contributed by atoms with Crippen molar-refractivity contribution in [3.8, 4) is 0 Å². The number of hydrogen-bond donors (Lipinski definition) is 2. The van der Waals surface area contributed by atoms with Gasteiger partial charge in [0.1, 0.15) is 0 Å². The Labute approximate surface area is 156 Å². The van der Waals surface area contributed by atoms with Crippen LogP contribution in [-0.2, 0) is 18.8 Å². The number of hydrogen-bond acceptors (Lipinski definition) is 1. The van der Waals surface area contributed by atoms with Crippen molar-refractivity contribution in [1.29, 1.82) is 0 Å². The number of thiocarbonyl (C=S) groups is 1. The zero-order valence-corrected chi connectivity index (χ0v) is 14.5. The summed E-state index contributed by atoms with van der Waals surface area (Å²) in [5, 5.41) is 5.36. The van der Waals surface area contributed by atoms with Crippen molar-refractivity contribution >= 4 is 23.0 Å². The van der Waals surface area contributed by atoms with E-state index >= 15 is 0 Å². The number of alkyl halides is 6. The van der Waals surface area contributed by atoms with Gasteiger partial charge in [-0.1, -0.05) is 24.3 Å². The lowest BCUT2D eigenvalue weighted by Crippen LogP contribution is -2.31. The van der Waals surface area contributed by atoms with E-state index in [2.05, 4.69) is 10.6 Å². The molecule has 0 aromatic heterocycles. The quantitative estimate of drug-likeness (QED) is 0.496. The summed E-state index contributed by atoms with van der Waals surface area (Å²) < 4.78 is 77.5. The Hall–Kier alpha value is -2.29. The summed E-state index contributed by atoms with van der Waals surface area (Å²) in [6.45, 7) is 0. The van der Waals surface area contributed by atoms with Crippen LogP contribution in [0.3, 0.4) is 0 Å². The summed E-state index contributed by atoms with van der Waals surface area (Å²) in [5.74, 6) is 0. The molecule has 1 aliphatic rings. The predicted octanol–water partition coefficient (Wildman–Crippen LogP) is 5.70. The van der Waals surface area contributed by atoms with Gasteiger partial charge in [-0.25, -0.2) is 0 Å². The Morgan fingerprint density at radius 3 is 2.11 bits per heavy atom. The first-order valence-electron chi connectivity index (χ1n) is 7.99. The molecule has 9 heteroatoms. The molecule has 0 unspecified atom stereocenters. The molecule has 144 valence electrons. The Kier molecular flexibility index (Phi) is 5.07. The van der Waals surface area contributed by atoms with Crippen molar-refractivity contribution in [2.24, 2.45) is 0 Å². The number of rotatable bonds is 2. The fraction of sp³-hybridized carbons (Fsp3) is 0.278. The summed E-state index contributed by atoms with van der Waals surface area (Å²) in [5.41, 5.74) is -1.01. The first-order chi connectivity index (χ1) is 12.5. The molecule has 0 spiro atoms. The maximum Gasteiger partial charge on any atom is 0.416 e. The lowest BCUT2D eigenvalue weighted by molar-refractivity contribution is -0.143. The third kappa shape index (κ3) is 4.52. The van der Waals surface area contributed by atoms with Crippen LogP contribution in [0.4, 0.5) is 32.0 Å². The molecule has 1 atom stereocenters. The average molecular weight is 404 g/mol. The second-order valence-electron chi connectivity index (χ2n) is 6.18. The molecule has 0 saturated carbocycles. The molecule has 2 aromatic carbocycles. The van der Waals surface area contributed by atoms with Gasteiger partial charge in [-0.2, -0.15) is 26.3 Å². The summed E-state index contributed by atoms with van der Waals surface area (Å²) >= 11 is 5.09. The minimum absolute atomic E-state index is 0.0378. The van der Waals surface area contributed by atoms with Gasteiger partial charge in [0, 0.05) is 5.69 Å². The van der Waals surface area contributed by atoms with Crippen molar-refractivity contribution in [3.05, 3.63) is 64.7 Å². The van der Waals surface area contributed by atoms with Gasteiger partial charge in [0.25, 0.3) is 0 Å². The molecular weight excluding hydrogens is 390 g/mol. The van der Waals surface area contributed by atoms with E-state index in [1.807, 2.05) is 24.3 Å². The van der Waals surface area contributed by atoms with Gasteiger partial charge in [-0.3, -0.25) is 0 Å². The van der Waals surface area contributed by atoms with Crippen LogP contribution in [0.2, 0.25) is 0 Å². The van der Waals surface area contributed by atoms with Crippen LogP contribution in [0.15, 0.2) is 42.5 Å². The second kappa shape index (κ2) is 7.03. The molecule has 0 radical (unpaired) electrons. The van der Waals surface area contributed by atoms with Crippen LogP contribution >= 0.6 is 12.2 Å². The van der Waals surface area contributed by atoms with Crippen LogP contribution in [0.5, 0.6) is 0 Å². The van der Waals surface area contributed by atoms with Crippen molar-refractivity contribution in [3.63, 3.8) is 0 Å². The monoisotopic (exact) mass is 404 g/mol. The van der Waals surface area contributed by atoms with E-state index < -0.39 is 23.5 Å². The highest BCUT2D eigenvalue weighted by molar-refractivity contribution is 7.80. The largest absolute Gasteiger partial charge is 0.416 e. The van der Waals surface area contributed by atoms with E-state index in [0.717, 1.165) is 24.0 Å². The van der Waals surface area contributed by atoms with Crippen LogP contribution in [0, 0.1) is 0 Å². The third-order valence-electron chi connectivity index (χ3n) is 4.28. The molecular formula is C18H14F6N2S. The van der Waals surface area contributed by atoms with Crippen LogP contribution in [0.1, 0.15) is 34.7 Å². The van der Waals surface area contributed by atoms with Gasteiger partial charge in [0.15, 0.2) is 5.11 Å². The Morgan fingerprint density at radius 2 is 1.52 bits per heavy atom. The number of anilines is 1. The molecule has 0 amide bonds. The van der Waals surface area contributed by atoms with Crippen LogP contribution < -0.4 is 10.6 Å². The highest BCUT2D eigenvalue weighted by atomic mass is 32.1. The zero-order chi connectivity index (χ0) is 19.8. The minimum atomic E-state index is -4.91. The van der Waals surface area contributed by atoms with E-state index in [0.29, 0.717) is 12.1 Å². The number of halogens is 6. The molecule has 27 heavy (non-hydrogen) atoms. The number of aryl methyl sites for hydroxylation is 1. The van der Waals surface area contributed by atoms with Crippen molar-refractivity contribution in [2.45, 2.75) is 31.2 Å². The van der Waals surface area contributed by atoms with Gasteiger partial charge in [0.2, 0.25) is 0 Å². The summed E-state index contributed by atoms with van der Waals surface area (Å²) in [6, 6.07) is 8.78. The van der Waals surface area contributed by atoms with Gasteiger partial charge in [0.05, 0.1) is 17.2 Å². The van der Waals surface area contributed by atoms with E-state index in [1.165, 1.54) is 0 Å². The highest BCUT2D eigenvalue weighted by Crippen LogP contribution is 2.37. The predicted molar refractivity (Wildman–Crippen MR) is 93.3 cm³/mol. The Bertz CT molecular complexity index is 827. The zero-order valence-electron chi connectivity index (χ0n) is 13.7. The smallest absolute Gasteiger partial charge is 0.356 e. The first kappa shape index (κ1) is 19.5. The van der Waals surface area contributed by atoms with E-state index in [9.17, 15) is 26.3 Å². The molecule has 1 aliphatic carbocycles. The molecule has 0 heterocycles. The normalized spacial score (nSPS) is 16.7. The summed E-state index contributed by atoms with van der Waals surface area (Å²) in [4.78, 5) is 0. The number of nitrogens with one attached hydrogen (secondary N) is 2. The fourth-order valence-electron chi connectivity index (χ4n) is 3.06. The average Bonchev–Trinajstić information content (AvgIpc) is 2.96. The topological polar surface area (TPSA) is 24.1 Å². The molecule has 2 aromatic rings. The first-order valence-corrected chi connectivity index (χ1v) is 8.39. The van der Waals surface area contributed by atoms with E-state index in [4.69, 9.17) is 12.2 Å². The summed E-state index contributed by atoms with van der Waals surface area (Å²) in [7, 11) is 0. The second-order valence-corrected chi connectivity index (χ2v) is 6.59. The highest BCUT2D eigenvalue weighted by Gasteiger charge is 2.37. The SMILES string of the molecule is FC(F)(F)c1cc(NC(=S)N[C@@H]2CCc3ccccc32)cc(C(F)(F)F)c1. The molecule has 0 aliphatic heterocycles. The lowest BCUT2D eigenvalue weighted by atomic mass is 10.1. The Morgan fingerprint density at radius 1 is 0.926 bits per heavy atom. The molecule has 2 N–H and O–H groups in total. The van der Waals surface area contributed by atoms with Gasteiger partial charge < -0.3 is 10.6 Å². The van der Waals surface area contributed by atoms with Crippen LogP contribution in [0.25, 0.3) is 0 Å². The van der Waals surface area contributed by atoms with Crippen LogP contribution in [-0.4, -0.2) is 5.11 Å². The minimum Gasteiger partial charge on any atom is -0.356 e. The van der Waals surface area contributed by atoms with Gasteiger partial charge in [-0.05, 0) is 54.4 Å². The van der Waals surface area contributed by atoms with Crippen molar-refractivity contribution < 1.29 is 26.3 Å². The summed E-state index contributed by atoms with van der Waals surface area (Å²) in [6.07, 6.45) is -8.26. The van der Waals surface area contributed by atoms with Gasteiger partial charge >= 0.3 is 12.4 Å². The number of benzene rings is 2. The molecule has 0 fully saturated rings. The van der Waals surface area contributed by atoms with E-state index in [1.54, 1.807) is 0 Å². The van der Waals surface area contributed by atoms with Crippen molar-refractivity contribution in [2.75, 3.05) is 5.32 Å². The molecule has 3 rings (SSSR count). The Balaban J connectivity index is 1.80. The molecule has 2 nitrogen and oxygen atoms in total. The molecule has 0 bridgehead atoms. The van der Waals surface area contributed by atoms with Crippen molar-refractivity contribution in [1.82, 2.24) is 5.32 Å². The standard InChI is InChI=1S/C18H14F6N2S/c19-17(20,21)11-7-12(18(22,23)24)9-13(8-11)25-16(27)26-15-6-5-10-3-1-2-4-14(10)15/h1-4,7-9,15H,5-6H2,(H2,25,26,27)/t15-/m1/s1. The van der Waals surface area contributed by atoms with Gasteiger partial charge in [-0.15, -0.1) is 0 Å². The van der Waals surface area contributed by atoms with E-state index in [-0.39, 0.29) is 22.9 Å². The lowest BCUT2D eigenvalue weighted by Gasteiger charge is -2.19. The maximum absolute atomic E-state index is 12.9. The fourth-order valence-corrected chi connectivity index (χ4v) is 3.32. The molecule has 0 saturated heterocycles.